The maximum Gasteiger partial charge on any atom is 0.333 e. The highest BCUT2D eigenvalue weighted by molar-refractivity contribution is 5.87. The molecule has 0 bridgehead atoms. The van der Waals surface area contributed by atoms with Crippen LogP contribution in [0.3, 0.4) is 0 Å². The molecule has 0 fully saturated rings. The minimum absolute atomic E-state index is 0.00232. The standard InChI is InChI=1S/C32H38O8/c1-21(2)30(34)38-15-13-27-18-25(20-40-32(36)23(5)6)19-28(26-11-9-24(10-12-26)8-7-14-33)29(27)37-16-17-39-31(35)22(3)4/h9-12,18-19,33H,1,3,5,7-8,13-17,20H2,2,4,6H3. The minimum atomic E-state index is -0.510. The van der Waals surface area contributed by atoms with Gasteiger partial charge >= 0.3 is 17.9 Å². The SMILES string of the molecule is C=C(C)C(=O)OCCOc1c(CCOC(=O)C(=C)C)cc(COC(=O)C(=C)C)cc1-c1ccc(CCCO)cc1. The number of ether oxygens (including phenoxy) is 4. The van der Waals surface area contributed by atoms with Crippen LogP contribution in [-0.2, 0) is 48.0 Å². The van der Waals surface area contributed by atoms with Gasteiger partial charge in [0.15, 0.2) is 0 Å². The average Bonchev–Trinajstić information content (AvgIpc) is 2.93. The predicted molar refractivity (Wildman–Crippen MR) is 153 cm³/mol. The highest BCUT2D eigenvalue weighted by Gasteiger charge is 2.17. The maximum atomic E-state index is 12.1. The molecule has 2 aromatic carbocycles. The topological polar surface area (TPSA) is 108 Å². The molecule has 1 N–H and O–H groups in total. The molecule has 0 aromatic heterocycles. The normalized spacial score (nSPS) is 10.4. The van der Waals surface area contributed by atoms with Gasteiger partial charge in [-0.05, 0) is 68.0 Å². The molecule has 0 atom stereocenters. The van der Waals surface area contributed by atoms with Crippen molar-refractivity contribution in [3.63, 3.8) is 0 Å². The van der Waals surface area contributed by atoms with Crippen molar-refractivity contribution in [3.8, 4) is 16.9 Å². The van der Waals surface area contributed by atoms with Gasteiger partial charge in [-0.15, -0.1) is 0 Å². The summed E-state index contributed by atoms with van der Waals surface area (Å²) in [6, 6.07) is 11.5. The van der Waals surface area contributed by atoms with Crippen molar-refractivity contribution in [3.05, 3.63) is 89.5 Å². The Kier molecular flexibility index (Phi) is 12.9. The third-order valence-electron chi connectivity index (χ3n) is 5.70. The number of hydrogen-bond donors (Lipinski definition) is 1. The van der Waals surface area contributed by atoms with Crippen LogP contribution in [0.2, 0.25) is 0 Å². The summed E-state index contributed by atoms with van der Waals surface area (Å²) in [4.78, 5) is 35.8. The van der Waals surface area contributed by atoms with E-state index in [1.165, 1.54) is 0 Å². The second-order valence-corrected chi connectivity index (χ2v) is 9.44. The van der Waals surface area contributed by atoms with Crippen molar-refractivity contribution in [2.45, 2.75) is 46.6 Å². The van der Waals surface area contributed by atoms with E-state index in [0.717, 1.165) is 23.1 Å². The lowest BCUT2D eigenvalue weighted by atomic mass is 9.95. The molecule has 8 nitrogen and oxygen atoms in total. The number of aliphatic hydroxyl groups excluding tert-OH is 1. The van der Waals surface area contributed by atoms with Crippen LogP contribution < -0.4 is 4.74 Å². The smallest absolute Gasteiger partial charge is 0.333 e. The zero-order chi connectivity index (χ0) is 29.7. The second kappa shape index (κ2) is 16.1. The Bertz CT molecular complexity index is 1240. The summed E-state index contributed by atoms with van der Waals surface area (Å²) in [7, 11) is 0. The van der Waals surface area contributed by atoms with E-state index in [0.29, 0.717) is 35.3 Å². The Morgan fingerprint density at radius 1 is 0.725 bits per heavy atom. The Labute approximate surface area is 235 Å². The second-order valence-electron chi connectivity index (χ2n) is 9.44. The van der Waals surface area contributed by atoms with E-state index in [-0.39, 0.29) is 44.2 Å². The quantitative estimate of drug-likeness (QED) is 0.134. The first-order chi connectivity index (χ1) is 19.0. The zero-order valence-corrected chi connectivity index (χ0v) is 23.5. The van der Waals surface area contributed by atoms with Crippen molar-refractivity contribution < 1.29 is 38.4 Å². The minimum Gasteiger partial charge on any atom is -0.489 e. The first kappa shape index (κ1) is 32.0. The largest absolute Gasteiger partial charge is 0.489 e. The molecule has 0 amide bonds. The summed E-state index contributed by atoms with van der Waals surface area (Å²) in [5.41, 5.74) is 4.93. The summed E-state index contributed by atoms with van der Waals surface area (Å²) in [6.07, 6.45) is 1.71. The van der Waals surface area contributed by atoms with Gasteiger partial charge < -0.3 is 24.1 Å². The van der Waals surface area contributed by atoms with Crippen molar-refractivity contribution in [1.29, 1.82) is 0 Å². The molecule has 214 valence electrons. The zero-order valence-electron chi connectivity index (χ0n) is 23.5. The fourth-order valence-corrected chi connectivity index (χ4v) is 3.59. The fourth-order valence-electron chi connectivity index (χ4n) is 3.59. The average molecular weight is 551 g/mol. The predicted octanol–water partition coefficient (Wildman–Crippen LogP) is 5.06. The van der Waals surface area contributed by atoms with Crippen LogP contribution in [-0.4, -0.2) is 49.4 Å². The van der Waals surface area contributed by atoms with Gasteiger partial charge in [-0.25, -0.2) is 14.4 Å². The molecule has 0 aliphatic rings. The summed E-state index contributed by atoms with van der Waals surface area (Å²) >= 11 is 0. The highest BCUT2D eigenvalue weighted by atomic mass is 16.6. The maximum absolute atomic E-state index is 12.1. The molecule has 0 saturated heterocycles. The van der Waals surface area contributed by atoms with Crippen molar-refractivity contribution >= 4 is 17.9 Å². The third kappa shape index (κ3) is 10.2. The van der Waals surface area contributed by atoms with Gasteiger partial charge in [-0.2, -0.15) is 0 Å². The van der Waals surface area contributed by atoms with Crippen LogP contribution in [0.15, 0.2) is 72.9 Å². The van der Waals surface area contributed by atoms with E-state index < -0.39 is 17.9 Å². The van der Waals surface area contributed by atoms with E-state index in [9.17, 15) is 14.4 Å². The molecular formula is C32H38O8. The van der Waals surface area contributed by atoms with E-state index in [1.54, 1.807) is 20.8 Å². The number of aryl methyl sites for hydroxylation is 1. The lowest BCUT2D eigenvalue weighted by molar-refractivity contribution is -0.140. The van der Waals surface area contributed by atoms with Gasteiger partial charge in [-0.1, -0.05) is 44.0 Å². The van der Waals surface area contributed by atoms with Gasteiger partial charge in [0, 0.05) is 35.3 Å². The Balaban J connectivity index is 2.47. The van der Waals surface area contributed by atoms with E-state index in [2.05, 4.69) is 19.7 Å². The summed E-state index contributed by atoms with van der Waals surface area (Å²) in [6.45, 7) is 15.8. The van der Waals surface area contributed by atoms with Crippen LogP contribution in [0.5, 0.6) is 5.75 Å². The highest BCUT2D eigenvalue weighted by Crippen LogP contribution is 2.36. The summed E-state index contributed by atoms with van der Waals surface area (Å²) < 4.78 is 22.1. The van der Waals surface area contributed by atoms with Gasteiger partial charge in [0.05, 0.1) is 6.61 Å². The Morgan fingerprint density at radius 2 is 1.30 bits per heavy atom. The monoisotopic (exact) mass is 550 g/mol. The summed E-state index contributed by atoms with van der Waals surface area (Å²) in [5.74, 6) is -0.995. The van der Waals surface area contributed by atoms with Crippen molar-refractivity contribution in [2.24, 2.45) is 0 Å². The number of benzene rings is 2. The molecule has 0 saturated carbocycles. The van der Waals surface area contributed by atoms with E-state index >= 15 is 0 Å². The Hall–Kier alpha value is -4.17. The van der Waals surface area contributed by atoms with Crippen LogP contribution >= 0.6 is 0 Å². The number of aliphatic hydroxyl groups is 1. The van der Waals surface area contributed by atoms with Gasteiger partial charge in [0.2, 0.25) is 0 Å². The lowest BCUT2D eigenvalue weighted by Crippen LogP contribution is -2.14. The molecule has 0 unspecified atom stereocenters. The number of esters is 3. The molecule has 8 heteroatoms. The van der Waals surface area contributed by atoms with Crippen molar-refractivity contribution in [2.75, 3.05) is 26.4 Å². The molecule has 0 aliphatic carbocycles. The number of rotatable bonds is 16. The molecular weight excluding hydrogens is 512 g/mol. The first-order valence-electron chi connectivity index (χ1n) is 13.0. The van der Waals surface area contributed by atoms with Gasteiger partial charge in [0.1, 0.15) is 25.6 Å². The molecule has 40 heavy (non-hydrogen) atoms. The van der Waals surface area contributed by atoms with Crippen LogP contribution in [0, 0.1) is 0 Å². The lowest BCUT2D eigenvalue weighted by Gasteiger charge is -2.19. The Morgan fingerprint density at radius 3 is 1.88 bits per heavy atom. The molecule has 2 rings (SSSR count). The molecule has 0 aliphatic heterocycles. The number of hydrogen-bond acceptors (Lipinski definition) is 8. The molecule has 2 aromatic rings. The number of carbonyl (C=O) groups is 3. The van der Waals surface area contributed by atoms with Crippen LogP contribution in [0.1, 0.15) is 43.9 Å². The van der Waals surface area contributed by atoms with Gasteiger partial charge in [-0.3, -0.25) is 0 Å². The third-order valence-corrected chi connectivity index (χ3v) is 5.70. The van der Waals surface area contributed by atoms with E-state index in [1.807, 2.05) is 36.4 Å². The molecule has 0 spiro atoms. The van der Waals surface area contributed by atoms with Crippen molar-refractivity contribution in [1.82, 2.24) is 0 Å². The molecule has 0 heterocycles. The first-order valence-corrected chi connectivity index (χ1v) is 13.0. The van der Waals surface area contributed by atoms with E-state index in [4.69, 9.17) is 24.1 Å². The number of carbonyl (C=O) groups excluding carboxylic acids is 3. The summed E-state index contributed by atoms with van der Waals surface area (Å²) in [5, 5.41) is 9.15. The fraction of sp³-hybridized carbons (Fsp3) is 0.344. The van der Waals surface area contributed by atoms with Crippen LogP contribution in [0.4, 0.5) is 0 Å². The van der Waals surface area contributed by atoms with Gasteiger partial charge in [0.25, 0.3) is 0 Å². The van der Waals surface area contributed by atoms with Crippen LogP contribution in [0.25, 0.3) is 11.1 Å². The molecule has 0 radical (unpaired) electrons.